The molecule has 0 spiro atoms. The molecule has 0 aromatic heterocycles. The van der Waals surface area contributed by atoms with Crippen molar-refractivity contribution < 1.29 is 18.7 Å². The largest absolute Gasteiger partial charge is 0.493 e. The summed E-state index contributed by atoms with van der Waals surface area (Å²) in [6.07, 6.45) is 5.94. The fraction of sp³-hybridized carbons (Fsp3) is 0.448. The Kier molecular flexibility index (Phi) is 8.09. The number of ether oxygens (including phenoxy) is 1. The first-order valence-electron chi connectivity index (χ1n) is 12.7. The molecule has 2 amide bonds. The quantitative estimate of drug-likeness (QED) is 0.581. The van der Waals surface area contributed by atoms with Crippen LogP contribution in [0.25, 0.3) is 11.1 Å². The van der Waals surface area contributed by atoms with Crippen LogP contribution in [0.15, 0.2) is 60.8 Å². The third-order valence-electron chi connectivity index (χ3n) is 6.92. The Balaban J connectivity index is 1.27. The highest BCUT2D eigenvalue weighted by Gasteiger charge is 2.25. The van der Waals surface area contributed by atoms with Gasteiger partial charge in [0.2, 0.25) is 5.91 Å². The molecule has 0 aliphatic carbocycles. The van der Waals surface area contributed by atoms with Crippen LogP contribution in [-0.4, -0.2) is 60.1 Å². The predicted molar refractivity (Wildman–Crippen MR) is 139 cm³/mol. The number of alkyl halides is 1. The highest BCUT2D eigenvalue weighted by Crippen LogP contribution is 2.26. The van der Waals surface area contributed by atoms with Crippen molar-refractivity contribution in [3.05, 3.63) is 66.4 Å². The lowest BCUT2D eigenvalue weighted by molar-refractivity contribution is -0.120. The van der Waals surface area contributed by atoms with Gasteiger partial charge in [-0.1, -0.05) is 30.3 Å². The van der Waals surface area contributed by atoms with Crippen molar-refractivity contribution in [3.8, 4) is 16.9 Å². The number of rotatable bonds is 8. The van der Waals surface area contributed by atoms with Gasteiger partial charge in [0.05, 0.1) is 12.5 Å². The average Bonchev–Trinajstić information content (AvgIpc) is 2.87. The highest BCUT2D eigenvalue weighted by atomic mass is 19.1. The van der Waals surface area contributed by atoms with E-state index >= 15 is 0 Å². The zero-order valence-electron chi connectivity index (χ0n) is 21.2. The second kappa shape index (κ2) is 11.2. The molecule has 2 heterocycles. The molecule has 0 saturated carbocycles. The van der Waals surface area contributed by atoms with Gasteiger partial charge in [-0.05, 0) is 87.5 Å². The number of hydrogen-bond acceptors (Lipinski definition) is 4. The zero-order valence-corrected chi connectivity index (χ0v) is 21.2. The first-order chi connectivity index (χ1) is 17.2. The Labute approximate surface area is 212 Å². The monoisotopic (exact) mass is 493 g/mol. The number of benzene rings is 2. The summed E-state index contributed by atoms with van der Waals surface area (Å²) in [5.41, 5.74) is 6.85. The van der Waals surface area contributed by atoms with E-state index in [1.165, 1.54) is 0 Å². The molecular formula is C29H36FN3O3. The Morgan fingerprint density at radius 1 is 0.972 bits per heavy atom. The lowest BCUT2D eigenvalue weighted by Crippen LogP contribution is -2.41. The first kappa shape index (κ1) is 25.9. The van der Waals surface area contributed by atoms with Gasteiger partial charge in [-0.15, -0.1) is 0 Å². The van der Waals surface area contributed by atoms with E-state index in [1.54, 1.807) is 31.0 Å². The van der Waals surface area contributed by atoms with E-state index in [4.69, 9.17) is 10.5 Å². The average molecular weight is 494 g/mol. The minimum Gasteiger partial charge on any atom is -0.493 e. The van der Waals surface area contributed by atoms with E-state index in [-0.39, 0.29) is 17.7 Å². The van der Waals surface area contributed by atoms with Crippen LogP contribution in [0.4, 0.5) is 4.39 Å². The van der Waals surface area contributed by atoms with Crippen LogP contribution in [0.5, 0.6) is 5.75 Å². The Morgan fingerprint density at radius 2 is 1.58 bits per heavy atom. The van der Waals surface area contributed by atoms with Gasteiger partial charge < -0.3 is 20.3 Å². The van der Waals surface area contributed by atoms with Gasteiger partial charge >= 0.3 is 0 Å². The maximum absolute atomic E-state index is 13.9. The maximum Gasteiger partial charge on any atom is 0.257 e. The summed E-state index contributed by atoms with van der Waals surface area (Å²) < 4.78 is 19.9. The fourth-order valence-electron chi connectivity index (χ4n) is 4.83. The van der Waals surface area contributed by atoms with Crippen LogP contribution >= 0.6 is 0 Å². The van der Waals surface area contributed by atoms with Gasteiger partial charge in [0.25, 0.3) is 5.91 Å². The van der Waals surface area contributed by atoms with Gasteiger partial charge in [0, 0.05) is 24.9 Å². The molecule has 2 aromatic carbocycles. The Bertz CT molecular complexity index is 1070. The van der Waals surface area contributed by atoms with Crippen LogP contribution in [0.3, 0.4) is 0 Å². The summed E-state index contributed by atoms with van der Waals surface area (Å²) in [4.78, 5) is 27.9. The van der Waals surface area contributed by atoms with Crippen LogP contribution in [0, 0.1) is 11.8 Å². The normalized spacial score (nSPS) is 19.3. The standard InChI is InChI=1S/C29H36FN3O3/c1-29(2,30)20-32-15-11-21(12-16-32)19-36-26-9-7-23(8-10-26)22-3-5-25(6-4-22)28(35)33-17-13-24(14-18-33)27(31)34/h3-10,13,17,21,24H,11-12,14-16,18-20H2,1-2H3,(H2,31,34). The van der Waals surface area contributed by atoms with E-state index in [1.807, 2.05) is 48.5 Å². The van der Waals surface area contributed by atoms with Crippen molar-refractivity contribution in [1.29, 1.82) is 0 Å². The van der Waals surface area contributed by atoms with Gasteiger partial charge in [-0.3, -0.25) is 9.59 Å². The molecule has 6 nitrogen and oxygen atoms in total. The summed E-state index contributed by atoms with van der Waals surface area (Å²) in [7, 11) is 0. The molecule has 2 aliphatic heterocycles. The van der Waals surface area contributed by atoms with Crippen LogP contribution in [0.2, 0.25) is 0 Å². The van der Waals surface area contributed by atoms with Gasteiger partial charge in [0.15, 0.2) is 0 Å². The van der Waals surface area contributed by atoms with E-state index in [0.29, 0.717) is 37.6 Å². The zero-order chi connectivity index (χ0) is 25.7. The second-order valence-corrected chi connectivity index (χ2v) is 10.5. The van der Waals surface area contributed by atoms with E-state index in [2.05, 4.69) is 4.90 Å². The van der Waals surface area contributed by atoms with Crippen LogP contribution < -0.4 is 10.5 Å². The maximum atomic E-state index is 13.9. The molecule has 2 N–H and O–H groups in total. The molecule has 0 bridgehead atoms. The minimum absolute atomic E-state index is 0.0938. The third kappa shape index (κ3) is 6.94. The number of halogens is 1. The van der Waals surface area contributed by atoms with Crippen molar-refractivity contribution >= 4 is 11.8 Å². The molecule has 7 heteroatoms. The second-order valence-electron chi connectivity index (χ2n) is 10.5. The minimum atomic E-state index is -1.15. The van der Waals surface area contributed by atoms with Crippen molar-refractivity contribution in [2.45, 2.75) is 38.8 Å². The molecule has 36 heavy (non-hydrogen) atoms. The lowest BCUT2D eigenvalue weighted by atomic mass is 9.97. The summed E-state index contributed by atoms with van der Waals surface area (Å²) in [5.74, 6) is 0.563. The van der Waals surface area contributed by atoms with Crippen molar-refractivity contribution in [1.82, 2.24) is 9.80 Å². The fourth-order valence-corrected chi connectivity index (χ4v) is 4.83. The number of nitrogens with zero attached hydrogens (tertiary/aromatic N) is 2. The summed E-state index contributed by atoms with van der Waals surface area (Å²) >= 11 is 0. The van der Waals surface area contributed by atoms with Crippen LogP contribution in [-0.2, 0) is 4.79 Å². The summed E-state index contributed by atoms with van der Waals surface area (Å²) in [6.45, 7) is 6.74. The number of likely N-dealkylation sites (tertiary alicyclic amines) is 1. The molecule has 1 atom stereocenters. The van der Waals surface area contributed by atoms with Crippen molar-refractivity contribution in [2.75, 3.05) is 32.8 Å². The lowest BCUT2D eigenvalue weighted by Gasteiger charge is -2.34. The highest BCUT2D eigenvalue weighted by molar-refractivity contribution is 5.95. The predicted octanol–water partition coefficient (Wildman–Crippen LogP) is 4.65. The molecule has 1 unspecified atom stereocenters. The number of piperidine rings is 1. The molecular weight excluding hydrogens is 457 g/mol. The van der Waals surface area contributed by atoms with Gasteiger partial charge in [0.1, 0.15) is 11.4 Å². The molecule has 2 aromatic rings. The van der Waals surface area contributed by atoms with E-state index < -0.39 is 5.67 Å². The number of hydrogen-bond donors (Lipinski definition) is 1. The number of amides is 2. The van der Waals surface area contributed by atoms with Gasteiger partial charge in [-0.25, -0.2) is 4.39 Å². The van der Waals surface area contributed by atoms with Crippen LogP contribution in [0.1, 0.15) is 43.5 Å². The summed E-state index contributed by atoms with van der Waals surface area (Å²) in [5, 5.41) is 0. The molecule has 1 saturated heterocycles. The van der Waals surface area contributed by atoms with Crippen molar-refractivity contribution in [3.63, 3.8) is 0 Å². The van der Waals surface area contributed by atoms with E-state index in [9.17, 15) is 14.0 Å². The molecule has 4 rings (SSSR count). The molecule has 1 fully saturated rings. The topological polar surface area (TPSA) is 75.9 Å². The van der Waals surface area contributed by atoms with Crippen molar-refractivity contribution in [2.24, 2.45) is 17.6 Å². The number of primary amides is 1. The summed E-state index contributed by atoms with van der Waals surface area (Å²) in [6, 6.07) is 15.5. The smallest absolute Gasteiger partial charge is 0.257 e. The Hall–Kier alpha value is -3.19. The Morgan fingerprint density at radius 3 is 2.11 bits per heavy atom. The molecule has 2 aliphatic rings. The number of nitrogens with two attached hydrogens (primary N) is 1. The SMILES string of the molecule is CC(C)(F)CN1CCC(COc2ccc(-c3ccc(C(=O)N4C=CC(C(N)=O)CC4)cc3)cc2)CC1. The third-order valence-corrected chi connectivity index (χ3v) is 6.92. The van der Waals surface area contributed by atoms with E-state index in [0.717, 1.165) is 42.8 Å². The molecule has 192 valence electrons. The number of carbonyl (C=O) groups is 2. The molecule has 0 radical (unpaired) electrons. The number of carbonyl (C=O) groups excluding carboxylic acids is 2. The van der Waals surface area contributed by atoms with Gasteiger partial charge in [-0.2, -0.15) is 0 Å². The first-order valence-corrected chi connectivity index (χ1v) is 12.7.